The van der Waals surface area contributed by atoms with Crippen LogP contribution in [0.3, 0.4) is 0 Å². The van der Waals surface area contributed by atoms with Crippen LogP contribution in [0, 0.1) is 6.92 Å². The SMILES string of the molecule is COc1ccc(N2CCC(N)CC2)c(C)c1. The number of hydrogen-bond donors (Lipinski definition) is 1. The molecule has 3 heteroatoms. The number of nitrogens with two attached hydrogens (primary N) is 1. The fraction of sp³-hybridized carbons (Fsp3) is 0.538. The lowest BCUT2D eigenvalue weighted by Gasteiger charge is -2.33. The fourth-order valence-electron chi connectivity index (χ4n) is 2.25. The quantitative estimate of drug-likeness (QED) is 0.827. The van der Waals surface area contributed by atoms with Gasteiger partial charge < -0.3 is 15.4 Å². The zero-order valence-electron chi connectivity index (χ0n) is 10.1. The van der Waals surface area contributed by atoms with E-state index in [9.17, 15) is 0 Å². The van der Waals surface area contributed by atoms with Crippen molar-refractivity contribution in [1.29, 1.82) is 0 Å². The van der Waals surface area contributed by atoms with Crippen LogP contribution in [-0.2, 0) is 0 Å². The van der Waals surface area contributed by atoms with E-state index in [0.717, 1.165) is 31.7 Å². The van der Waals surface area contributed by atoms with E-state index in [1.54, 1.807) is 7.11 Å². The third-order valence-corrected chi connectivity index (χ3v) is 3.28. The van der Waals surface area contributed by atoms with Crippen LogP contribution < -0.4 is 15.4 Å². The van der Waals surface area contributed by atoms with Crippen molar-refractivity contribution in [2.45, 2.75) is 25.8 Å². The van der Waals surface area contributed by atoms with Crippen molar-refractivity contribution in [1.82, 2.24) is 0 Å². The van der Waals surface area contributed by atoms with Crippen molar-refractivity contribution in [3.8, 4) is 5.75 Å². The highest BCUT2D eigenvalue weighted by Crippen LogP contribution is 2.26. The minimum atomic E-state index is 0.384. The normalized spacial score (nSPS) is 17.6. The average molecular weight is 220 g/mol. The molecule has 2 rings (SSSR count). The molecule has 1 aliphatic heterocycles. The summed E-state index contributed by atoms with van der Waals surface area (Å²) in [4.78, 5) is 2.41. The highest BCUT2D eigenvalue weighted by atomic mass is 16.5. The standard InChI is InChI=1S/C13H20N2O/c1-10-9-12(16-2)3-4-13(10)15-7-5-11(14)6-8-15/h3-4,9,11H,5-8,14H2,1-2H3. The minimum absolute atomic E-state index is 0.384. The monoisotopic (exact) mass is 220 g/mol. The Morgan fingerprint density at radius 2 is 2.00 bits per heavy atom. The molecule has 3 nitrogen and oxygen atoms in total. The van der Waals surface area contributed by atoms with Crippen LogP contribution in [0.25, 0.3) is 0 Å². The van der Waals surface area contributed by atoms with Crippen molar-refractivity contribution in [3.63, 3.8) is 0 Å². The van der Waals surface area contributed by atoms with Gasteiger partial charge in [-0.2, -0.15) is 0 Å². The van der Waals surface area contributed by atoms with Crippen molar-refractivity contribution in [3.05, 3.63) is 23.8 Å². The zero-order chi connectivity index (χ0) is 11.5. The number of aryl methyl sites for hydroxylation is 1. The van der Waals surface area contributed by atoms with Crippen LogP contribution in [0.5, 0.6) is 5.75 Å². The van der Waals surface area contributed by atoms with E-state index in [4.69, 9.17) is 10.5 Å². The first-order valence-corrected chi connectivity index (χ1v) is 5.86. The van der Waals surface area contributed by atoms with Gasteiger partial charge in [0.1, 0.15) is 5.75 Å². The van der Waals surface area contributed by atoms with Crippen LogP contribution >= 0.6 is 0 Å². The molecule has 0 aromatic heterocycles. The first kappa shape index (κ1) is 11.3. The average Bonchev–Trinajstić information content (AvgIpc) is 2.30. The van der Waals surface area contributed by atoms with Gasteiger partial charge in [-0.25, -0.2) is 0 Å². The first-order chi connectivity index (χ1) is 7.70. The summed E-state index contributed by atoms with van der Waals surface area (Å²) in [5.74, 6) is 0.926. The molecule has 1 aliphatic rings. The van der Waals surface area contributed by atoms with Gasteiger partial charge in [0.2, 0.25) is 0 Å². The van der Waals surface area contributed by atoms with E-state index < -0.39 is 0 Å². The second kappa shape index (κ2) is 4.74. The second-order valence-electron chi connectivity index (χ2n) is 4.48. The molecular formula is C13H20N2O. The number of ether oxygens (including phenoxy) is 1. The lowest BCUT2D eigenvalue weighted by atomic mass is 10.0. The topological polar surface area (TPSA) is 38.5 Å². The molecule has 1 aromatic rings. The second-order valence-corrected chi connectivity index (χ2v) is 4.48. The van der Waals surface area contributed by atoms with Crippen LogP contribution in [0.15, 0.2) is 18.2 Å². The lowest BCUT2D eigenvalue weighted by Crippen LogP contribution is -2.39. The number of nitrogens with zero attached hydrogens (tertiary/aromatic N) is 1. The van der Waals surface area contributed by atoms with E-state index in [-0.39, 0.29) is 0 Å². The Kier molecular flexibility index (Phi) is 3.34. The van der Waals surface area contributed by atoms with Crippen molar-refractivity contribution in [2.75, 3.05) is 25.1 Å². The minimum Gasteiger partial charge on any atom is -0.497 e. The third-order valence-electron chi connectivity index (χ3n) is 3.28. The maximum absolute atomic E-state index is 5.91. The fourth-order valence-corrected chi connectivity index (χ4v) is 2.25. The molecule has 88 valence electrons. The van der Waals surface area contributed by atoms with E-state index in [0.29, 0.717) is 6.04 Å². The molecule has 1 fully saturated rings. The Labute approximate surface area is 97.2 Å². The molecule has 0 radical (unpaired) electrons. The Hall–Kier alpha value is -1.22. The maximum atomic E-state index is 5.91. The highest BCUT2D eigenvalue weighted by Gasteiger charge is 2.17. The van der Waals surface area contributed by atoms with Gasteiger partial charge in [-0.1, -0.05) is 0 Å². The molecule has 0 bridgehead atoms. The lowest BCUT2D eigenvalue weighted by molar-refractivity contribution is 0.414. The molecule has 0 spiro atoms. The number of piperidine rings is 1. The Bertz CT molecular complexity index is 357. The number of benzene rings is 1. The smallest absolute Gasteiger partial charge is 0.119 e. The summed E-state index contributed by atoms with van der Waals surface area (Å²) in [7, 11) is 1.70. The number of hydrogen-bond acceptors (Lipinski definition) is 3. The molecular weight excluding hydrogens is 200 g/mol. The zero-order valence-corrected chi connectivity index (χ0v) is 10.1. The van der Waals surface area contributed by atoms with Gasteiger partial charge in [0.25, 0.3) is 0 Å². The highest BCUT2D eigenvalue weighted by molar-refractivity contribution is 5.56. The summed E-state index contributed by atoms with van der Waals surface area (Å²) < 4.78 is 5.22. The van der Waals surface area contributed by atoms with Crippen molar-refractivity contribution < 1.29 is 4.74 Å². The molecule has 0 amide bonds. The molecule has 1 heterocycles. The summed E-state index contributed by atoms with van der Waals surface area (Å²) in [6.45, 7) is 4.26. The van der Waals surface area contributed by atoms with Gasteiger partial charge in [-0.15, -0.1) is 0 Å². The number of rotatable bonds is 2. The van der Waals surface area contributed by atoms with E-state index in [1.165, 1.54) is 11.3 Å². The van der Waals surface area contributed by atoms with Gasteiger partial charge in [0.05, 0.1) is 7.11 Å². The molecule has 1 saturated heterocycles. The van der Waals surface area contributed by atoms with Crippen molar-refractivity contribution >= 4 is 5.69 Å². The summed E-state index contributed by atoms with van der Waals surface area (Å²) in [6.07, 6.45) is 2.18. The van der Waals surface area contributed by atoms with Gasteiger partial charge in [0.15, 0.2) is 0 Å². The predicted molar refractivity (Wildman–Crippen MR) is 67.2 cm³/mol. The Morgan fingerprint density at radius 1 is 1.31 bits per heavy atom. The molecule has 0 aliphatic carbocycles. The molecule has 0 saturated carbocycles. The van der Waals surface area contributed by atoms with Crippen LogP contribution in [0.2, 0.25) is 0 Å². The third kappa shape index (κ3) is 2.30. The summed E-state index contributed by atoms with van der Waals surface area (Å²) in [5, 5.41) is 0. The molecule has 2 N–H and O–H groups in total. The largest absolute Gasteiger partial charge is 0.497 e. The summed E-state index contributed by atoms with van der Waals surface area (Å²) >= 11 is 0. The Balaban J connectivity index is 2.14. The number of methoxy groups -OCH3 is 1. The summed E-state index contributed by atoms with van der Waals surface area (Å²) in [6, 6.07) is 6.64. The predicted octanol–water partition coefficient (Wildman–Crippen LogP) is 1.93. The van der Waals surface area contributed by atoms with Crippen molar-refractivity contribution in [2.24, 2.45) is 5.73 Å². The first-order valence-electron chi connectivity index (χ1n) is 5.86. The molecule has 0 atom stereocenters. The van der Waals surface area contributed by atoms with Gasteiger partial charge in [-0.3, -0.25) is 0 Å². The van der Waals surface area contributed by atoms with E-state index in [1.807, 2.05) is 6.07 Å². The molecule has 1 aromatic carbocycles. The van der Waals surface area contributed by atoms with Crippen LogP contribution in [-0.4, -0.2) is 26.2 Å². The van der Waals surface area contributed by atoms with Gasteiger partial charge >= 0.3 is 0 Å². The van der Waals surface area contributed by atoms with E-state index >= 15 is 0 Å². The molecule has 16 heavy (non-hydrogen) atoms. The van der Waals surface area contributed by atoms with Crippen LogP contribution in [0.4, 0.5) is 5.69 Å². The molecule has 0 unspecified atom stereocenters. The van der Waals surface area contributed by atoms with E-state index in [2.05, 4.69) is 24.0 Å². The van der Waals surface area contributed by atoms with Crippen LogP contribution in [0.1, 0.15) is 18.4 Å². The summed E-state index contributed by atoms with van der Waals surface area (Å²) in [5.41, 5.74) is 8.50. The van der Waals surface area contributed by atoms with Gasteiger partial charge in [-0.05, 0) is 43.5 Å². The Morgan fingerprint density at radius 3 is 2.56 bits per heavy atom. The maximum Gasteiger partial charge on any atom is 0.119 e. The number of anilines is 1. The van der Waals surface area contributed by atoms with Gasteiger partial charge in [0, 0.05) is 24.8 Å².